The van der Waals surface area contributed by atoms with Gasteiger partial charge in [-0.15, -0.1) is 10.2 Å². The van der Waals surface area contributed by atoms with Crippen LogP contribution in [0.1, 0.15) is 10.4 Å². The molecule has 172 valence electrons. The summed E-state index contributed by atoms with van der Waals surface area (Å²) < 4.78 is 28.1. The van der Waals surface area contributed by atoms with Crippen molar-refractivity contribution in [2.75, 3.05) is 4.72 Å². The van der Waals surface area contributed by atoms with Crippen molar-refractivity contribution in [2.24, 2.45) is 10.2 Å². The number of aromatic amines is 1. The Morgan fingerprint density at radius 2 is 1.74 bits per heavy atom. The number of hydrogen-bond donors (Lipinski definition) is 3. The van der Waals surface area contributed by atoms with Crippen molar-refractivity contribution in [2.45, 2.75) is 4.90 Å². The van der Waals surface area contributed by atoms with E-state index < -0.39 is 26.7 Å². The van der Waals surface area contributed by atoms with Crippen molar-refractivity contribution < 1.29 is 23.2 Å². The highest BCUT2D eigenvalue weighted by Gasteiger charge is 2.17. The Morgan fingerprint density at radius 1 is 1.06 bits per heavy atom. The number of carbonyl (C=O) groups is 1. The summed E-state index contributed by atoms with van der Waals surface area (Å²) in [4.78, 5) is 25.5. The van der Waals surface area contributed by atoms with Crippen molar-refractivity contribution in [1.29, 1.82) is 0 Å². The fourth-order valence-electron chi connectivity index (χ4n) is 3.03. The molecule has 13 heteroatoms. The van der Waals surface area contributed by atoms with E-state index in [1.807, 2.05) is 0 Å². The lowest BCUT2D eigenvalue weighted by atomic mass is 10.2. The fourth-order valence-corrected chi connectivity index (χ4v) is 4.35. The van der Waals surface area contributed by atoms with Crippen molar-refractivity contribution >= 4 is 59.8 Å². The molecule has 0 spiro atoms. The monoisotopic (exact) mass is 543 g/mol. The number of aromatic nitrogens is 1. The minimum Gasteiger partial charge on any atom is -0.493 e. The summed E-state index contributed by atoms with van der Waals surface area (Å²) in [6.45, 7) is 0. The predicted octanol–water partition coefficient (Wildman–Crippen LogP) is 5.27. The summed E-state index contributed by atoms with van der Waals surface area (Å²) in [7, 11) is -3.82. The summed E-state index contributed by atoms with van der Waals surface area (Å²) in [5.74, 6) is -1.16. The number of nitro groups is 1. The molecule has 0 saturated carbocycles. The number of hydrogen-bond acceptors (Lipinski definition) is 7. The number of nitrogens with one attached hydrogen (secondary N) is 2. The quantitative estimate of drug-likeness (QED) is 0.170. The highest BCUT2D eigenvalue weighted by atomic mass is 79.9. The van der Waals surface area contributed by atoms with Gasteiger partial charge < -0.3 is 10.1 Å². The molecule has 4 rings (SSSR count). The number of benzene rings is 3. The van der Waals surface area contributed by atoms with Crippen LogP contribution in [0, 0.1) is 10.1 Å². The summed E-state index contributed by atoms with van der Waals surface area (Å²) >= 11 is 3.24. The summed E-state index contributed by atoms with van der Waals surface area (Å²) in [5, 5.41) is 28.6. The number of fused-ring (bicyclic) bond motifs is 1. The normalized spacial score (nSPS) is 11.7. The minimum atomic E-state index is -3.82. The lowest BCUT2D eigenvalue weighted by molar-refractivity contribution is -0.384. The maximum atomic E-state index is 12.5. The van der Waals surface area contributed by atoms with E-state index in [-0.39, 0.29) is 32.9 Å². The van der Waals surface area contributed by atoms with Crippen LogP contribution in [0.3, 0.4) is 0 Å². The molecule has 1 amide bonds. The zero-order chi connectivity index (χ0) is 24.5. The summed E-state index contributed by atoms with van der Waals surface area (Å²) in [5.41, 5.74) is 0.395. The molecule has 4 aromatic rings. The molecule has 0 aliphatic rings. The van der Waals surface area contributed by atoms with Gasteiger partial charge in [-0.1, -0.05) is 15.9 Å². The number of sulfonamides is 1. The SMILES string of the molecule is O=C(N=Nc1c(O)[nH]c2ccc([N+](=O)[O-])cc12)c1ccc(NS(=O)(=O)c2ccc(Br)cc2)cc1. The number of amides is 1. The molecular formula is C21H14BrN5O6S. The number of nitrogens with zero attached hydrogens (tertiary/aromatic N) is 3. The van der Waals surface area contributed by atoms with Gasteiger partial charge in [0.05, 0.1) is 15.3 Å². The summed E-state index contributed by atoms with van der Waals surface area (Å²) in [6.07, 6.45) is 0. The molecule has 0 aliphatic carbocycles. The van der Waals surface area contributed by atoms with Crippen LogP contribution in [0.2, 0.25) is 0 Å². The van der Waals surface area contributed by atoms with E-state index in [0.717, 1.165) is 4.47 Å². The molecule has 0 aliphatic heterocycles. The van der Waals surface area contributed by atoms with E-state index in [1.54, 1.807) is 12.1 Å². The molecule has 0 bridgehead atoms. The number of nitro benzene ring substituents is 1. The second kappa shape index (κ2) is 9.03. The Labute approximate surface area is 200 Å². The van der Waals surface area contributed by atoms with Gasteiger partial charge in [-0.3, -0.25) is 19.6 Å². The second-order valence-electron chi connectivity index (χ2n) is 6.95. The molecule has 34 heavy (non-hydrogen) atoms. The number of carbonyl (C=O) groups excluding carboxylic acids is 1. The van der Waals surface area contributed by atoms with Crippen LogP contribution < -0.4 is 4.72 Å². The van der Waals surface area contributed by atoms with Crippen LogP contribution in [-0.4, -0.2) is 29.3 Å². The van der Waals surface area contributed by atoms with E-state index in [0.29, 0.717) is 5.52 Å². The van der Waals surface area contributed by atoms with Crippen molar-refractivity contribution in [3.05, 3.63) is 86.9 Å². The first-order chi connectivity index (χ1) is 16.1. The zero-order valence-electron chi connectivity index (χ0n) is 17.0. The molecule has 1 heterocycles. The first-order valence-corrected chi connectivity index (χ1v) is 11.8. The number of azo groups is 1. The van der Waals surface area contributed by atoms with Gasteiger partial charge >= 0.3 is 0 Å². The third-order valence-electron chi connectivity index (χ3n) is 4.70. The van der Waals surface area contributed by atoms with Crippen molar-refractivity contribution in [3.63, 3.8) is 0 Å². The topological polar surface area (TPSA) is 167 Å². The number of non-ortho nitro benzene ring substituents is 1. The largest absolute Gasteiger partial charge is 0.493 e. The lowest BCUT2D eigenvalue weighted by Gasteiger charge is -2.08. The van der Waals surface area contributed by atoms with Gasteiger partial charge in [0.1, 0.15) is 0 Å². The first-order valence-electron chi connectivity index (χ1n) is 9.48. The maximum absolute atomic E-state index is 12.5. The minimum absolute atomic E-state index is 0.0726. The van der Waals surface area contributed by atoms with E-state index in [4.69, 9.17) is 0 Å². The molecule has 0 unspecified atom stereocenters. The van der Waals surface area contributed by atoms with Gasteiger partial charge in [0, 0.05) is 33.2 Å². The molecule has 11 nitrogen and oxygen atoms in total. The molecule has 0 fully saturated rings. The van der Waals surface area contributed by atoms with Crippen LogP contribution in [0.25, 0.3) is 10.9 Å². The van der Waals surface area contributed by atoms with E-state index in [1.165, 1.54) is 54.6 Å². The number of rotatable bonds is 6. The van der Waals surface area contributed by atoms with Gasteiger partial charge in [-0.05, 0) is 54.6 Å². The van der Waals surface area contributed by atoms with Crippen LogP contribution in [0.5, 0.6) is 5.88 Å². The van der Waals surface area contributed by atoms with Gasteiger partial charge in [0.15, 0.2) is 5.69 Å². The molecule has 0 atom stereocenters. The van der Waals surface area contributed by atoms with Crippen LogP contribution >= 0.6 is 15.9 Å². The number of aromatic hydroxyl groups is 1. The fraction of sp³-hybridized carbons (Fsp3) is 0. The van der Waals surface area contributed by atoms with Crippen molar-refractivity contribution in [1.82, 2.24) is 4.98 Å². The Bertz CT molecular complexity index is 1550. The highest BCUT2D eigenvalue weighted by Crippen LogP contribution is 2.37. The molecule has 3 N–H and O–H groups in total. The third-order valence-corrected chi connectivity index (χ3v) is 6.62. The zero-order valence-corrected chi connectivity index (χ0v) is 19.4. The smallest absolute Gasteiger partial charge is 0.295 e. The number of anilines is 1. The van der Waals surface area contributed by atoms with Crippen LogP contribution in [-0.2, 0) is 10.0 Å². The van der Waals surface area contributed by atoms with Gasteiger partial charge in [-0.2, -0.15) is 0 Å². The Balaban J connectivity index is 1.52. The Kier molecular flexibility index (Phi) is 6.13. The molecular weight excluding hydrogens is 530 g/mol. The van der Waals surface area contributed by atoms with Crippen molar-refractivity contribution in [3.8, 4) is 5.88 Å². The summed E-state index contributed by atoms with van der Waals surface area (Å²) in [6, 6.07) is 15.5. The number of halogens is 1. The van der Waals surface area contributed by atoms with Crippen LogP contribution in [0.15, 0.2) is 86.3 Å². The maximum Gasteiger partial charge on any atom is 0.295 e. The van der Waals surface area contributed by atoms with Gasteiger partial charge in [0.2, 0.25) is 5.88 Å². The predicted molar refractivity (Wildman–Crippen MR) is 127 cm³/mol. The average Bonchev–Trinajstić information content (AvgIpc) is 3.12. The average molecular weight is 544 g/mol. The lowest BCUT2D eigenvalue weighted by Crippen LogP contribution is -2.12. The highest BCUT2D eigenvalue weighted by molar-refractivity contribution is 9.10. The van der Waals surface area contributed by atoms with Crippen LogP contribution in [0.4, 0.5) is 17.1 Å². The molecule has 0 saturated heterocycles. The number of H-pyrrole nitrogens is 1. The second-order valence-corrected chi connectivity index (χ2v) is 9.55. The molecule has 3 aromatic carbocycles. The standard InChI is InChI=1S/C21H14BrN5O6S/c22-13-3-8-16(9-4-13)34(32,33)26-14-5-1-12(2-6-14)20(28)25-24-19-17-11-15(27(30)31)7-10-18(17)23-21(19)29/h1-11,23,26,29H. The van der Waals surface area contributed by atoms with E-state index in [2.05, 4.69) is 35.9 Å². The van der Waals surface area contributed by atoms with E-state index >= 15 is 0 Å². The third kappa shape index (κ3) is 4.79. The molecule has 0 radical (unpaired) electrons. The van der Waals surface area contributed by atoms with Gasteiger partial charge in [-0.25, -0.2) is 8.42 Å². The Hall–Kier alpha value is -4.10. The molecule has 1 aromatic heterocycles. The van der Waals surface area contributed by atoms with E-state index in [9.17, 15) is 28.4 Å². The van der Waals surface area contributed by atoms with Gasteiger partial charge in [0.25, 0.3) is 21.6 Å². The first kappa shape index (κ1) is 23.1. The Morgan fingerprint density at radius 3 is 2.38 bits per heavy atom.